The predicted molar refractivity (Wildman–Crippen MR) is 70.3 cm³/mol. The minimum absolute atomic E-state index is 0.246. The minimum Gasteiger partial charge on any atom is -0.480 e. The lowest BCUT2D eigenvalue weighted by atomic mass is 10.3. The van der Waals surface area contributed by atoms with Gasteiger partial charge in [-0.1, -0.05) is 0 Å². The van der Waals surface area contributed by atoms with Gasteiger partial charge in [0.2, 0.25) is 0 Å². The number of ether oxygens (including phenoxy) is 1. The van der Waals surface area contributed by atoms with Gasteiger partial charge in [-0.05, 0) is 0 Å². The first-order valence-corrected chi connectivity index (χ1v) is 6.45. The fraction of sp³-hybridized carbons (Fsp3) is 0.750. The van der Waals surface area contributed by atoms with Crippen molar-refractivity contribution in [3.63, 3.8) is 0 Å². The smallest absolute Gasteiger partial charge is 0.323 e. The quantitative estimate of drug-likeness (QED) is 0.673. The molecule has 0 radical (unpaired) electrons. The number of piperazine rings is 1. The predicted octanol–water partition coefficient (Wildman–Crippen LogP) is -0.696. The van der Waals surface area contributed by atoms with Gasteiger partial charge in [-0.15, -0.1) is 0 Å². The second-order valence-corrected chi connectivity index (χ2v) is 4.69. The maximum absolute atomic E-state index is 11.9. The molecular weight excluding hydrogens is 266 g/mol. The Kier molecular flexibility index (Phi) is 6.23. The van der Waals surface area contributed by atoms with E-state index in [-0.39, 0.29) is 18.5 Å². The summed E-state index contributed by atoms with van der Waals surface area (Å²) in [5.74, 6) is -1.28. The maximum atomic E-state index is 11.9. The average molecular weight is 287 g/mol. The molecule has 1 fully saturated rings. The summed E-state index contributed by atoms with van der Waals surface area (Å²) in [4.78, 5) is 38.4. The third-order valence-corrected chi connectivity index (χ3v) is 3.20. The van der Waals surface area contributed by atoms with Crippen LogP contribution in [-0.2, 0) is 14.3 Å². The van der Waals surface area contributed by atoms with Crippen LogP contribution in [0, 0.1) is 0 Å². The number of aliphatic carboxylic acids is 1. The summed E-state index contributed by atoms with van der Waals surface area (Å²) in [7, 11) is 2.83. The summed E-state index contributed by atoms with van der Waals surface area (Å²) < 4.78 is 4.58. The molecule has 0 aromatic carbocycles. The van der Waals surface area contributed by atoms with E-state index in [0.29, 0.717) is 39.1 Å². The Morgan fingerprint density at radius 2 is 1.80 bits per heavy atom. The molecule has 114 valence electrons. The van der Waals surface area contributed by atoms with E-state index >= 15 is 0 Å². The van der Waals surface area contributed by atoms with Crippen LogP contribution in [0.1, 0.15) is 6.42 Å². The van der Waals surface area contributed by atoms with Crippen molar-refractivity contribution >= 4 is 18.0 Å². The molecule has 0 saturated carbocycles. The standard InChI is InChI=1S/C12H21N3O5/c1-13(9-10(16)17)12(19)15-7-5-14(6-8-15)4-3-11(18)20-2/h3-9H2,1-2H3,(H,16,17). The van der Waals surface area contributed by atoms with Crippen LogP contribution in [0.25, 0.3) is 0 Å². The summed E-state index contributed by atoms with van der Waals surface area (Å²) in [6, 6.07) is -0.278. The number of rotatable bonds is 5. The number of hydrogen-bond donors (Lipinski definition) is 1. The van der Waals surface area contributed by atoms with Crippen molar-refractivity contribution in [1.82, 2.24) is 14.7 Å². The molecular formula is C12H21N3O5. The highest BCUT2D eigenvalue weighted by Gasteiger charge is 2.24. The molecule has 8 heteroatoms. The second-order valence-electron chi connectivity index (χ2n) is 4.69. The summed E-state index contributed by atoms with van der Waals surface area (Å²) in [6.45, 7) is 2.71. The molecule has 0 aromatic heterocycles. The van der Waals surface area contributed by atoms with E-state index in [9.17, 15) is 14.4 Å². The number of carboxylic acid groups (broad SMARTS) is 1. The molecule has 0 aliphatic carbocycles. The van der Waals surface area contributed by atoms with Gasteiger partial charge in [-0.25, -0.2) is 4.79 Å². The Morgan fingerprint density at radius 3 is 2.30 bits per heavy atom. The molecule has 8 nitrogen and oxygen atoms in total. The molecule has 1 N–H and O–H groups in total. The average Bonchev–Trinajstić information content (AvgIpc) is 2.43. The second kappa shape index (κ2) is 7.68. The van der Waals surface area contributed by atoms with Crippen LogP contribution in [0.4, 0.5) is 4.79 Å². The SMILES string of the molecule is COC(=O)CCN1CCN(C(=O)N(C)CC(=O)O)CC1. The summed E-state index contributed by atoms with van der Waals surface area (Å²) in [6.07, 6.45) is 0.337. The number of methoxy groups -OCH3 is 1. The zero-order chi connectivity index (χ0) is 15.1. The number of likely N-dealkylation sites (N-methyl/N-ethyl adjacent to an activating group) is 1. The number of esters is 1. The van der Waals surface area contributed by atoms with Crippen molar-refractivity contribution in [2.24, 2.45) is 0 Å². The van der Waals surface area contributed by atoms with Crippen LogP contribution >= 0.6 is 0 Å². The Balaban J connectivity index is 2.32. The lowest BCUT2D eigenvalue weighted by Gasteiger charge is -2.36. The molecule has 0 unspecified atom stereocenters. The van der Waals surface area contributed by atoms with Crippen molar-refractivity contribution < 1.29 is 24.2 Å². The van der Waals surface area contributed by atoms with Gasteiger partial charge in [0.05, 0.1) is 13.5 Å². The minimum atomic E-state index is -1.03. The fourth-order valence-electron chi connectivity index (χ4n) is 2.03. The Hall–Kier alpha value is -1.83. The first-order valence-electron chi connectivity index (χ1n) is 6.45. The van der Waals surface area contributed by atoms with Crippen LogP contribution < -0.4 is 0 Å². The van der Waals surface area contributed by atoms with E-state index in [1.165, 1.54) is 19.1 Å². The highest BCUT2D eigenvalue weighted by Crippen LogP contribution is 2.05. The normalized spacial score (nSPS) is 15.8. The molecule has 1 rings (SSSR count). The molecule has 0 aromatic rings. The number of urea groups is 1. The summed E-state index contributed by atoms with van der Waals surface area (Å²) in [5.41, 5.74) is 0. The number of hydrogen-bond acceptors (Lipinski definition) is 5. The van der Waals surface area contributed by atoms with E-state index in [2.05, 4.69) is 9.64 Å². The largest absolute Gasteiger partial charge is 0.480 e. The molecule has 0 spiro atoms. The van der Waals surface area contributed by atoms with Crippen LogP contribution in [0.15, 0.2) is 0 Å². The topological polar surface area (TPSA) is 90.4 Å². The van der Waals surface area contributed by atoms with Gasteiger partial charge in [-0.2, -0.15) is 0 Å². The molecule has 0 bridgehead atoms. The van der Waals surface area contributed by atoms with Gasteiger partial charge in [0.15, 0.2) is 0 Å². The van der Waals surface area contributed by atoms with Crippen LogP contribution in [0.2, 0.25) is 0 Å². The summed E-state index contributed by atoms with van der Waals surface area (Å²) >= 11 is 0. The van der Waals surface area contributed by atoms with Crippen LogP contribution in [0.3, 0.4) is 0 Å². The van der Waals surface area contributed by atoms with Gasteiger partial charge < -0.3 is 19.6 Å². The number of carbonyl (C=O) groups excluding carboxylic acids is 2. The number of carboxylic acids is 1. The lowest BCUT2D eigenvalue weighted by Crippen LogP contribution is -2.52. The third kappa shape index (κ3) is 5.04. The third-order valence-electron chi connectivity index (χ3n) is 3.20. The van der Waals surface area contributed by atoms with Crippen molar-refractivity contribution in [1.29, 1.82) is 0 Å². The van der Waals surface area contributed by atoms with E-state index in [1.807, 2.05) is 0 Å². The first kappa shape index (κ1) is 16.2. The molecule has 20 heavy (non-hydrogen) atoms. The molecule has 1 heterocycles. The van der Waals surface area contributed by atoms with Gasteiger partial charge in [0, 0.05) is 39.8 Å². The number of amides is 2. The van der Waals surface area contributed by atoms with E-state index < -0.39 is 5.97 Å². The molecule has 2 amide bonds. The molecule has 0 atom stereocenters. The van der Waals surface area contributed by atoms with Gasteiger partial charge in [0.1, 0.15) is 6.54 Å². The summed E-state index contributed by atoms with van der Waals surface area (Å²) in [5, 5.41) is 8.65. The number of carbonyl (C=O) groups is 3. The Bertz CT molecular complexity index is 366. The van der Waals surface area contributed by atoms with E-state index in [1.54, 1.807) is 4.90 Å². The van der Waals surface area contributed by atoms with Gasteiger partial charge in [-0.3, -0.25) is 14.5 Å². The monoisotopic (exact) mass is 287 g/mol. The van der Waals surface area contributed by atoms with E-state index in [4.69, 9.17) is 5.11 Å². The lowest BCUT2D eigenvalue weighted by molar-refractivity contribution is -0.141. The van der Waals surface area contributed by atoms with Gasteiger partial charge >= 0.3 is 18.0 Å². The van der Waals surface area contributed by atoms with Crippen molar-refractivity contribution in [3.05, 3.63) is 0 Å². The number of nitrogens with zero attached hydrogens (tertiary/aromatic N) is 3. The van der Waals surface area contributed by atoms with Gasteiger partial charge in [0.25, 0.3) is 0 Å². The van der Waals surface area contributed by atoms with Crippen molar-refractivity contribution in [2.75, 3.05) is 53.4 Å². The van der Waals surface area contributed by atoms with Crippen molar-refractivity contribution in [3.8, 4) is 0 Å². The maximum Gasteiger partial charge on any atom is 0.323 e. The van der Waals surface area contributed by atoms with E-state index in [0.717, 1.165) is 0 Å². The van der Waals surface area contributed by atoms with Crippen molar-refractivity contribution in [2.45, 2.75) is 6.42 Å². The first-order chi connectivity index (χ1) is 9.43. The molecule has 1 saturated heterocycles. The fourth-order valence-corrected chi connectivity index (χ4v) is 2.03. The Labute approximate surface area is 117 Å². The van der Waals surface area contributed by atoms with Crippen LogP contribution in [-0.4, -0.2) is 91.2 Å². The Morgan fingerprint density at radius 1 is 1.20 bits per heavy atom. The molecule has 1 aliphatic heterocycles. The van der Waals surface area contributed by atoms with Crippen LogP contribution in [0.5, 0.6) is 0 Å². The highest BCUT2D eigenvalue weighted by molar-refractivity contribution is 5.80. The zero-order valence-electron chi connectivity index (χ0n) is 11.9. The zero-order valence-corrected chi connectivity index (χ0v) is 11.9. The molecule has 1 aliphatic rings. The highest BCUT2D eigenvalue weighted by atomic mass is 16.5.